The molecule has 17 rings (SSSR count). The number of methoxy groups -OCH3 is 1. The van der Waals surface area contributed by atoms with Crippen molar-refractivity contribution < 1.29 is 71.6 Å². The van der Waals surface area contributed by atoms with E-state index in [0.29, 0.717) is 91.0 Å². The van der Waals surface area contributed by atoms with E-state index >= 15 is 0 Å². The van der Waals surface area contributed by atoms with E-state index < -0.39 is 36.5 Å². The first kappa shape index (κ1) is 68.5. The first-order chi connectivity index (χ1) is 49.8. The number of aromatic amines is 3. The van der Waals surface area contributed by atoms with Crippen molar-refractivity contribution in [3.8, 4) is 0 Å². The van der Waals surface area contributed by atoms with Gasteiger partial charge in [-0.25, -0.2) is 19.2 Å². The normalized spacial score (nSPS) is 14.3. The molecule has 30 heteroatoms. The monoisotopic (exact) mass is 1400 g/mol. The van der Waals surface area contributed by atoms with Crippen molar-refractivity contribution in [1.29, 1.82) is 0 Å². The van der Waals surface area contributed by atoms with Gasteiger partial charge in [0.15, 0.2) is 17.1 Å². The molecule has 4 aliphatic rings. The summed E-state index contributed by atoms with van der Waals surface area (Å²) in [6, 6.07) is 37.6. The number of aromatic carboxylic acids is 2. The zero-order valence-corrected chi connectivity index (χ0v) is 55.5. The molecule has 103 heavy (non-hydrogen) atoms. The maximum absolute atomic E-state index is 13.5. The van der Waals surface area contributed by atoms with Gasteiger partial charge in [0.25, 0.3) is 23.6 Å². The van der Waals surface area contributed by atoms with Crippen LogP contribution in [-0.2, 0) is 53.1 Å². The van der Waals surface area contributed by atoms with Crippen LogP contribution < -0.4 is 0 Å². The topological polar surface area (TPSA) is 326 Å². The van der Waals surface area contributed by atoms with Gasteiger partial charge in [0, 0.05) is 169 Å². The second kappa shape index (κ2) is 29.4. The molecule has 28 nitrogen and oxygen atoms in total. The molecule has 4 amide bonds. The van der Waals surface area contributed by atoms with Gasteiger partial charge in [-0.15, -0.1) is 0 Å². The predicted octanol–water partition coefficient (Wildman–Crippen LogP) is 8.89. The minimum absolute atomic E-state index is 0.000424. The van der Waals surface area contributed by atoms with Crippen LogP contribution in [0.3, 0.4) is 0 Å². The maximum atomic E-state index is 13.5. The molecule has 13 aromatic rings. The van der Waals surface area contributed by atoms with Gasteiger partial charge >= 0.3 is 30.0 Å². The number of pyridine rings is 5. The lowest BCUT2D eigenvalue weighted by Crippen LogP contribution is -2.49. The fourth-order valence-electron chi connectivity index (χ4n) is 12.6. The molecule has 4 aliphatic heterocycles. The number of alkyl halides is 2. The molecule has 1 fully saturated rings. The standard InChI is InChI=1S/C20H19F2N5O3.C18H18N4O3.C16H14N4O3.C10H9NO2.C9H7NO2/c21-20(22)12-27(7-8-30-20)19(29)17-15-11-26(6-4-16(15)23-24-17)18(28)13-9-14-3-1-2-5-25(14)10-13;1-2-25-18(24)16-14-11-22(8-6-15(14)19-20-16)17(23)12-9-13-5-3-4-7-21(13)10-12;21-15(10-7-11-3-1-2-5-19(11)8-10)20-6-4-13-12(9-20)14(16(22)23)18-17-13;1-13-10(12)8-6-9-4-2-3-5-11(9)7-8;11-9(12)7-5-8-3-1-2-4-10(8)6-7/h1-3,5,9-10H,4,6-8,11-12H2,(H,23,24);3-5,7,9-10H,2,6,8,11H2,1H3,(H,19,20);1-3,5,7-8H,4,6,9H2,(H,17,18)(H,22,23);2-7H,1H3;1-6H,(H,11,12). The Balaban J connectivity index is 0.000000119. The Morgan fingerprint density at radius 1 is 0.456 bits per heavy atom. The number of halogens is 2. The van der Waals surface area contributed by atoms with Crippen LogP contribution in [0.2, 0.25) is 0 Å². The number of esters is 2. The highest BCUT2D eigenvalue weighted by Gasteiger charge is 2.41. The van der Waals surface area contributed by atoms with Crippen LogP contribution in [0, 0.1) is 0 Å². The molecule has 526 valence electrons. The summed E-state index contributed by atoms with van der Waals surface area (Å²) in [6.45, 7) is 3.47. The Bertz CT molecular complexity index is 5220. The van der Waals surface area contributed by atoms with Crippen LogP contribution in [0.15, 0.2) is 183 Å². The van der Waals surface area contributed by atoms with E-state index in [1.807, 2.05) is 164 Å². The molecule has 0 saturated carbocycles. The number of hydrogen-bond donors (Lipinski definition) is 5. The number of amides is 4. The summed E-state index contributed by atoms with van der Waals surface area (Å²) in [5.41, 5.74) is 12.1. The minimum Gasteiger partial charge on any atom is -0.478 e. The van der Waals surface area contributed by atoms with Gasteiger partial charge in [-0.3, -0.25) is 34.5 Å². The Hall–Kier alpha value is -13.0. The van der Waals surface area contributed by atoms with Gasteiger partial charge in [-0.1, -0.05) is 30.3 Å². The number of morpholine rings is 1. The number of H-pyrrole nitrogens is 3. The summed E-state index contributed by atoms with van der Waals surface area (Å²) < 4.78 is 50.5. The third-order valence-corrected chi connectivity index (χ3v) is 17.8. The number of carbonyl (C=O) groups is 8. The van der Waals surface area contributed by atoms with Crippen LogP contribution in [0.4, 0.5) is 8.78 Å². The summed E-state index contributed by atoms with van der Waals surface area (Å²) in [7, 11) is 1.38. The number of carboxylic acids is 2. The van der Waals surface area contributed by atoms with Crippen LogP contribution in [0.25, 0.3) is 27.6 Å². The Labute approximate surface area is 583 Å². The van der Waals surface area contributed by atoms with Crippen molar-refractivity contribution in [2.75, 3.05) is 53.0 Å². The molecule has 0 unspecified atom stereocenters. The van der Waals surface area contributed by atoms with Crippen molar-refractivity contribution in [3.63, 3.8) is 0 Å². The SMILES string of the molecule is CCOC(=O)c1n[nH]c2c1CN(C(=O)c1cc3ccccn3c1)CC2.COC(=O)c1cc2ccccn2c1.O=C(O)c1cc2ccccn2c1.O=C(O)c1n[nH]c2c1CN(C(=O)c1cc3ccccn3c1)CC2.O=C(c1cc2ccccn2c1)N1CCc2[nH]nc(C(=O)N3CCOC(F)(F)C3)c2C1. The number of nitrogens with zero attached hydrogens (tertiary/aromatic N) is 12. The largest absolute Gasteiger partial charge is 0.478 e. The molecule has 13 aromatic heterocycles. The molecule has 5 N–H and O–H groups in total. The van der Waals surface area contributed by atoms with Gasteiger partial charge in [0.05, 0.1) is 67.8 Å². The third-order valence-electron chi connectivity index (χ3n) is 17.8. The van der Waals surface area contributed by atoms with E-state index in [9.17, 15) is 52.2 Å². The molecule has 0 aliphatic carbocycles. The number of ether oxygens (including phenoxy) is 3. The lowest BCUT2D eigenvalue weighted by molar-refractivity contribution is -0.263. The highest BCUT2D eigenvalue weighted by Crippen LogP contribution is 2.29. The van der Waals surface area contributed by atoms with Crippen LogP contribution in [0.1, 0.15) is 124 Å². The second-order valence-corrected chi connectivity index (χ2v) is 24.4. The number of carbonyl (C=O) groups excluding carboxylic acids is 6. The van der Waals surface area contributed by atoms with E-state index in [0.717, 1.165) is 55.1 Å². The number of nitrogens with one attached hydrogen (secondary N) is 3. The first-order valence-electron chi connectivity index (χ1n) is 32.7. The van der Waals surface area contributed by atoms with Gasteiger partial charge in [-0.2, -0.15) is 24.1 Å². The summed E-state index contributed by atoms with van der Waals surface area (Å²) in [4.78, 5) is 103. The van der Waals surface area contributed by atoms with Crippen LogP contribution in [-0.4, -0.2) is 189 Å². The molecule has 17 heterocycles. The third kappa shape index (κ3) is 14.9. The summed E-state index contributed by atoms with van der Waals surface area (Å²) in [5, 5.41) is 38.3. The van der Waals surface area contributed by atoms with Gasteiger partial charge in [-0.05, 0) is 97.9 Å². The highest BCUT2D eigenvalue weighted by atomic mass is 19.3. The van der Waals surface area contributed by atoms with Crippen LogP contribution in [0.5, 0.6) is 0 Å². The number of rotatable bonds is 9. The molecule has 0 bridgehead atoms. The molecule has 1 saturated heterocycles. The second-order valence-electron chi connectivity index (χ2n) is 24.4. The Morgan fingerprint density at radius 3 is 1.19 bits per heavy atom. The molecule has 0 spiro atoms. The Kier molecular flexibility index (Phi) is 19.6. The zero-order chi connectivity index (χ0) is 72.1. The maximum Gasteiger partial charge on any atom is 0.373 e. The summed E-state index contributed by atoms with van der Waals surface area (Å²) in [6.07, 6.45) is 16.5. The number of aromatic nitrogens is 11. The van der Waals surface area contributed by atoms with Gasteiger partial charge in [0.2, 0.25) is 0 Å². The van der Waals surface area contributed by atoms with E-state index in [1.165, 1.54) is 7.11 Å². The van der Waals surface area contributed by atoms with Crippen molar-refractivity contribution in [3.05, 3.63) is 262 Å². The van der Waals surface area contributed by atoms with Gasteiger partial charge in [0.1, 0.15) is 6.54 Å². The fourth-order valence-corrected chi connectivity index (χ4v) is 12.6. The average Bonchev–Trinajstić information content (AvgIpc) is 1.68. The Morgan fingerprint density at radius 2 is 0.816 bits per heavy atom. The lowest BCUT2D eigenvalue weighted by atomic mass is 10.0. The quantitative estimate of drug-likeness (QED) is 0.0842. The molecular weight excluding hydrogens is 1330 g/mol. The van der Waals surface area contributed by atoms with Crippen molar-refractivity contribution in [2.24, 2.45) is 0 Å². The van der Waals surface area contributed by atoms with Crippen molar-refractivity contribution in [1.82, 2.24) is 72.2 Å². The zero-order valence-electron chi connectivity index (χ0n) is 55.5. The summed E-state index contributed by atoms with van der Waals surface area (Å²) in [5.74, 6) is -3.61. The van der Waals surface area contributed by atoms with Crippen molar-refractivity contribution >= 4 is 75.1 Å². The van der Waals surface area contributed by atoms with E-state index in [1.54, 1.807) is 62.9 Å². The molecular formula is C73H67F2N15O13. The lowest BCUT2D eigenvalue weighted by Gasteiger charge is -2.32. The van der Waals surface area contributed by atoms with Crippen LogP contribution >= 0.6 is 0 Å². The van der Waals surface area contributed by atoms with E-state index in [2.05, 4.69) is 40.1 Å². The number of fused-ring (bicyclic) bond motifs is 8. The molecule has 0 aromatic carbocycles. The molecule has 0 radical (unpaired) electrons. The van der Waals surface area contributed by atoms with E-state index in [-0.39, 0.29) is 67.0 Å². The number of carboxylic acid groups (broad SMARTS) is 2. The predicted molar refractivity (Wildman–Crippen MR) is 366 cm³/mol. The number of hydrogen-bond acceptors (Lipinski definition) is 14. The van der Waals surface area contributed by atoms with E-state index in [4.69, 9.17) is 9.84 Å². The average molecular weight is 1400 g/mol. The minimum atomic E-state index is -3.37. The highest BCUT2D eigenvalue weighted by molar-refractivity contribution is 5.99. The molecule has 0 atom stereocenters. The van der Waals surface area contributed by atoms with Gasteiger partial charge < -0.3 is 66.0 Å². The fraction of sp³-hybridized carbons (Fsp3) is 0.219. The smallest absolute Gasteiger partial charge is 0.373 e. The summed E-state index contributed by atoms with van der Waals surface area (Å²) >= 11 is 0. The first-order valence-corrected chi connectivity index (χ1v) is 32.7. The van der Waals surface area contributed by atoms with Crippen molar-refractivity contribution in [2.45, 2.75) is 51.9 Å².